The van der Waals surface area contributed by atoms with Gasteiger partial charge in [0.15, 0.2) is 0 Å². The number of benzene rings is 3. The van der Waals surface area contributed by atoms with Gasteiger partial charge in [0, 0.05) is 5.56 Å². The van der Waals surface area contributed by atoms with Gasteiger partial charge in [0.25, 0.3) is 0 Å². The van der Waals surface area contributed by atoms with E-state index in [9.17, 15) is 4.79 Å². The summed E-state index contributed by atoms with van der Waals surface area (Å²) in [6.45, 7) is 1.82. The highest BCUT2D eigenvalue weighted by Gasteiger charge is 2.30. The fraction of sp³-hybridized carbons (Fsp3) is 0.174. The van der Waals surface area contributed by atoms with E-state index in [1.54, 1.807) is 7.11 Å². The minimum absolute atomic E-state index is 0.263. The Labute approximate surface area is 158 Å². The fourth-order valence-corrected chi connectivity index (χ4v) is 3.57. The highest BCUT2D eigenvalue weighted by atomic mass is 16.5. The van der Waals surface area contributed by atoms with Crippen LogP contribution in [0.15, 0.2) is 66.7 Å². The molecular formula is C23H21NO3. The van der Waals surface area contributed by atoms with E-state index < -0.39 is 0 Å². The molecule has 0 saturated carbocycles. The first-order valence-corrected chi connectivity index (χ1v) is 8.92. The Morgan fingerprint density at radius 2 is 1.85 bits per heavy atom. The molecule has 2 unspecified atom stereocenters. The average Bonchev–Trinajstić information content (AvgIpc) is 2.72. The molecule has 3 aromatic carbocycles. The summed E-state index contributed by atoms with van der Waals surface area (Å²) < 4.78 is 12.0. The van der Waals surface area contributed by atoms with Crippen molar-refractivity contribution in [1.29, 1.82) is 0 Å². The number of primary amides is 1. The molecule has 0 saturated heterocycles. The first-order valence-electron chi connectivity index (χ1n) is 8.92. The molecule has 0 spiro atoms. The quantitative estimate of drug-likeness (QED) is 0.749. The number of hydrogen-bond donors (Lipinski definition) is 1. The van der Waals surface area contributed by atoms with Gasteiger partial charge in [0.1, 0.15) is 17.6 Å². The van der Waals surface area contributed by atoms with Crippen molar-refractivity contribution in [3.63, 3.8) is 0 Å². The van der Waals surface area contributed by atoms with Crippen LogP contribution in [0.2, 0.25) is 0 Å². The Morgan fingerprint density at radius 3 is 2.56 bits per heavy atom. The van der Waals surface area contributed by atoms with Crippen molar-refractivity contribution in [2.75, 3.05) is 7.11 Å². The fourth-order valence-electron chi connectivity index (χ4n) is 3.57. The van der Waals surface area contributed by atoms with Crippen molar-refractivity contribution < 1.29 is 14.3 Å². The predicted octanol–water partition coefficient (Wildman–Crippen LogP) is 4.43. The van der Waals surface area contributed by atoms with E-state index in [0.717, 1.165) is 39.3 Å². The van der Waals surface area contributed by atoms with Crippen molar-refractivity contribution in [2.24, 2.45) is 5.73 Å². The van der Waals surface area contributed by atoms with Crippen LogP contribution in [0.5, 0.6) is 11.5 Å². The third-order valence-electron chi connectivity index (χ3n) is 5.11. The lowest BCUT2D eigenvalue weighted by Gasteiger charge is -2.31. The number of carbonyl (C=O) groups excluding carboxylic acids is 1. The lowest BCUT2D eigenvalue weighted by molar-refractivity contribution is -0.119. The van der Waals surface area contributed by atoms with Gasteiger partial charge in [-0.1, -0.05) is 54.6 Å². The van der Waals surface area contributed by atoms with E-state index in [2.05, 4.69) is 0 Å². The van der Waals surface area contributed by atoms with Gasteiger partial charge in [-0.25, -0.2) is 0 Å². The highest BCUT2D eigenvalue weighted by Crippen LogP contribution is 2.49. The number of nitrogens with two attached hydrogens (primary N) is 1. The second kappa shape index (κ2) is 6.80. The summed E-state index contributed by atoms with van der Waals surface area (Å²) in [4.78, 5) is 11.7. The van der Waals surface area contributed by atoms with Gasteiger partial charge in [-0.05, 0) is 35.7 Å². The molecule has 0 aromatic heterocycles. The third kappa shape index (κ3) is 2.93. The van der Waals surface area contributed by atoms with Crippen LogP contribution in [0.1, 0.15) is 35.6 Å². The zero-order chi connectivity index (χ0) is 19.0. The predicted molar refractivity (Wildman–Crippen MR) is 105 cm³/mol. The largest absolute Gasteiger partial charge is 0.496 e. The Bertz CT molecular complexity index is 998. The van der Waals surface area contributed by atoms with Crippen molar-refractivity contribution in [3.8, 4) is 22.6 Å². The van der Waals surface area contributed by atoms with Crippen LogP contribution in [0.4, 0.5) is 0 Å². The topological polar surface area (TPSA) is 61.5 Å². The van der Waals surface area contributed by atoms with Crippen LogP contribution >= 0.6 is 0 Å². The van der Waals surface area contributed by atoms with Gasteiger partial charge in [-0.2, -0.15) is 0 Å². The molecule has 4 rings (SSSR count). The second-order valence-corrected chi connectivity index (χ2v) is 6.71. The number of amides is 1. The second-order valence-electron chi connectivity index (χ2n) is 6.71. The smallest absolute Gasteiger partial charge is 0.224 e. The average molecular weight is 359 g/mol. The van der Waals surface area contributed by atoms with Crippen LogP contribution in [-0.4, -0.2) is 13.0 Å². The highest BCUT2D eigenvalue weighted by molar-refractivity contribution is 5.84. The molecule has 1 aliphatic heterocycles. The molecule has 136 valence electrons. The summed E-state index contributed by atoms with van der Waals surface area (Å²) in [6.07, 6.45) is -0.263. The van der Waals surface area contributed by atoms with Gasteiger partial charge in [-0.3, -0.25) is 4.79 Å². The van der Waals surface area contributed by atoms with Gasteiger partial charge in [0.05, 0.1) is 18.6 Å². The minimum Gasteiger partial charge on any atom is -0.496 e. The van der Waals surface area contributed by atoms with E-state index in [4.69, 9.17) is 15.2 Å². The van der Waals surface area contributed by atoms with Crippen LogP contribution in [0, 0.1) is 0 Å². The molecular weight excluding hydrogens is 338 g/mol. The van der Waals surface area contributed by atoms with E-state index in [1.165, 1.54) is 0 Å². The van der Waals surface area contributed by atoms with Gasteiger partial charge in [0.2, 0.25) is 5.91 Å². The van der Waals surface area contributed by atoms with Crippen molar-refractivity contribution >= 4 is 5.91 Å². The molecule has 1 heterocycles. The molecule has 4 heteroatoms. The Hall–Kier alpha value is -3.27. The first kappa shape index (κ1) is 17.2. The molecule has 3 aromatic rings. The molecule has 2 N–H and O–H groups in total. The lowest BCUT2D eigenvalue weighted by Crippen LogP contribution is -2.20. The molecule has 4 nitrogen and oxygen atoms in total. The van der Waals surface area contributed by atoms with Gasteiger partial charge in [-0.15, -0.1) is 0 Å². The number of rotatable bonds is 4. The zero-order valence-electron chi connectivity index (χ0n) is 15.3. The maximum atomic E-state index is 11.7. The van der Waals surface area contributed by atoms with Crippen molar-refractivity contribution in [1.82, 2.24) is 0 Å². The zero-order valence-corrected chi connectivity index (χ0v) is 15.3. The summed E-state index contributed by atoms with van der Waals surface area (Å²) in [5, 5.41) is 0. The van der Waals surface area contributed by atoms with Crippen LogP contribution in [0.3, 0.4) is 0 Å². The number of carbonyl (C=O) groups is 1. The van der Waals surface area contributed by atoms with Crippen LogP contribution in [-0.2, 0) is 4.79 Å². The Morgan fingerprint density at radius 1 is 1.07 bits per heavy atom. The third-order valence-corrected chi connectivity index (χ3v) is 5.11. The molecule has 2 atom stereocenters. The summed E-state index contributed by atoms with van der Waals surface area (Å²) in [7, 11) is 1.65. The van der Waals surface area contributed by atoms with E-state index in [-0.39, 0.29) is 17.9 Å². The molecule has 1 aliphatic rings. The maximum Gasteiger partial charge on any atom is 0.224 e. The summed E-state index contributed by atoms with van der Waals surface area (Å²) in [5.74, 6) is 0.828. The maximum absolute atomic E-state index is 11.7. The van der Waals surface area contributed by atoms with Gasteiger partial charge < -0.3 is 15.2 Å². The number of methoxy groups -OCH3 is 1. The van der Waals surface area contributed by atoms with Crippen LogP contribution in [0.25, 0.3) is 11.1 Å². The summed E-state index contributed by atoms with van der Waals surface area (Å²) in [5.41, 5.74) is 10.4. The van der Waals surface area contributed by atoms with E-state index >= 15 is 0 Å². The van der Waals surface area contributed by atoms with Gasteiger partial charge >= 0.3 is 0 Å². The van der Waals surface area contributed by atoms with E-state index in [1.807, 2.05) is 73.7 Å². The van der Waals surface area contributed by atoms with Crippen molar-refractivity contribution in [2.45, 2.75) is 18.9 Å². The van der Waals surface area contributed by atoms with Crippen LogP contribution < -0.4 is 15.2 Å². The first-order chi connectivity index (χ1) is 13.1. The molecule has 0 aliphatic carbocycles. The lowest BCUT2D eigenvalue weighted by atomic mass is 9.86. The molecule has 0 radical (unpaired) electrons. The number of hydrogen-bond acceptors (Lipinski definition) is 3. The molecule has 0 bridgehead atoms. The SMILES string of the molecule is COc1cccc2c1-c1ccc(C(C)C(N)=O)cc1C(c1ccccc1)O2. The minimum atomic E-state index is -0.370. The molecule has 27 heavy (non-hydrogen) atoms. The van der Waals surface area contributed by atoms with E-state index in [0.29, 0.717) is 0 Å². The molecule has 0 fully saturated rings. The Kier molecular flexibility index (Phi) is 4.32. The monoisotopic (exact) mass is 359 g/mol. The Balaban J connectivity index is 1.94. The molecule has 1 amide bonds. The normalized spacial score (nSPS) is 15.9. The summed E-state index contributed by atoms with van der Waals surface area (Å²) >= 11 is 0. The number of fused-ring (bicyclic) bond motifs is 3. The standard InChI is InChI=1S/C23H21NO3/c1-14(23(24)25)16-11-12-17-18(13-16)22(15-7-4-3-5-8-15)27-20-10-6-9-19(26-2)21(17)20/h3-14,22H,1-2H3,(H2,24,25). The number of ether oxygens (including phenoxy) is 2. The van der Waals surface area contributed by atoms with Crippen molar-refractivity contribution in [3.05, 3.63) is 83.4 Å². The summed E-state index contributed by atoms with van der Waals surface area (Å²) in [6, 6.07) is 21.9.